The molecule has 1 aliphatic heterocycles. The van der Waals surface area contributed by atoms with Gasteiger partial charge in [-0.05, 0) is 36.0 Å². The number of carbonyl (C=O) groups is 2. The smallest absolute Gasteiger partial charge is 0.319 e. The van der Waals surface area contributed by atoms with Crippen molar-refractivity contribution in [3.8, 4) is 0 Å². The highest BCUT2D eigenvalue weighted by atomic mass is 16.2. The number of urea groups is 1. The lowest BCUT2D eigenvalue weighted by Crippen LogP contribution is -2.40. The standard InChI is InChI=1S/C22H26N2O2/c1-15-6-10-18(11-7-15)22(5)19(25)24(20(26)23-22)14-16-8-12-17(13-9-16)21(2,3)4/h6-13H,14H2,1-5H3,(H,23,26)/t22-/m0/s1. The van der Waals surface area contributed by atoms with Gasteiger partial charge in [-0.2, -0.15) is 0 Å². The molecule has 0 aromatic heterocycles. The first-order chi connectivity index (χ1) is 12.1. The van der Waals surface area contributed by atoms with Gasteiger partial charge in [-0.15, -0.1) is 0 Å². The van der Waals surface area contributed by atoms with Gasteiger partial charge in [0.2, 0.25) is 0 Å². The monoisotopic (exact) mass is 350 g/mol. The summed E-state index contributed by atoms with van der Waals surface area (Å²) in [6.45, 7) is 10.5. The molecular weight excluding hydrogens is 324 g/mol. The number of amides is 3. The summed E-state index contributed by atoms with van der Waals surface area (Å²) in [4.78, 5) is 26.8. The Morgan fingerprint density at radius 2 is 1.54 bits per heavy atom. The van der Waals surface area contributed by atoms with Crippen molar-refractivity contribution in [3.05, 3.63) is 70.8 Å². The molecule has 1 N–H and O–H groups in total. The molecule has 1 aliphatic rings. The van der Waals surface area contributed by atoms with Crippen LogP contribution in [0.3, 0.4) is 0 Å². The minimum Gasteiger partial charge on any atom is -0.319 e. The molecule has 4 nitrogen and oxygen atoms in total. The Balaban J connectivity index is 1.82. The first-order valence-corrected chi connectivity index (χ1v) is 8.92. The molecule has 4 heteroatoms. The maximum atomic E-state index is 13.0. The molecule has 0 saturated carbocycles. The van der Waals surface area contributed by atoms with Crippen LogP contribution in [0.1, 0.15) is 49.9 Å². The van der Waals surface area contributed by atoms with Crippen molar-refractivity contribution in [1.29, 1.82) is 0 Å². The fourth-order valence-corrected chi connectivity index (χ4v) is 3.22. The molecule has 0 bridgehead atoms. The molecule has 3 rings (SSSR count). The van der Waals surface area contributed by atoms with Gasteiger partial charge in [0.25, 0.3) is 5.91 Å². The van der Waals surface area contributed by atoms with Crippen LogP contribution in [-0.4, -0.2) is 16.8 Å². The van der Waals surface area contributed by atoms with Gasteiger partial charge in [-0.3, -0.25) is 9.69 Å². The maximum Gasteiger partial charge on any atom is 0.325 e. The van der Waals surface area contributed by atoms with Gasteiger partial charge in [0.1, 0.15) is 5.54 Å². The van der Waals surface area contributed by atoms with E-state index in [-0.39, 0.29) is 23.9 Å². The predicted molar refractivity (Wildman–Crippen MR) is 103 cm³/mol. The van der Waals surface area contributed by atoms with Crippen LogP contribution in [0.5, 0.6) is 0 Å². The number of carbonyl (C=O) groups excluding carboxylic acids is 2. The van der Waals surface area contributed by atoms with Gasteiger partial charge >= 0.3 is 6.03 Å². The van der Waals surface area contributed by atoms with Crippen molar-refractivity contribution in [2.45, 2.75) is 52.1 Å². The molecule has 2 aromatic carbocycles. The Morgan fingerprint density at radius 3 is 2.08 bits per heavy atom. The molecular formula is C22H26N2O2. The zero-order valence-electron chi connectivity index (χ0n) is 16.1. The lowest BCUT2D eigenvalue weighted by atomic mass is 9.86. The molecule has 0 unspecified atom stereocenters. The maximum absolute atomic E-state index is 13.0. The molecule has 3 amide bonds. The number of rotatable bonds is 3. The van der Waals surface area contributed by atoms with Gasteiger partial charge in [0.15, 0.2) is 0 Å². The SMILES string of the molecule is Cc1ccc([C@]2(C)NC(=O)N(Cc3ccc(C(C)(C)C)cc3)C2=O)cc1. The summed E-state index contributed by atoms with van der Waals surface area (Å²) in [5.41, 5.74) is 3.13. The molecule has 1 heterocycles. The number of nitrogens with zero attached hydrogens (tertiary/aromatic N) is 1. The molecule has 2 aromatic rings. The number of hydrogen-bond acceptors (Lipinski definition) is 2. The van der Waals surface area contributed by atoms with E-state index in [1.807, 2.05) is 43.3 Å². The minimum atomic E-state index is -1.02. The summed E-state index contributed by atoms with van der Waals surface area (Å²) in [5, 5.41) is 2.86. The molecule has 0 radical (unpaired) electrons. The second-order valence-corrected chi connectivity index (χ2v) is 8.26. The fourth-order valence-electron chi connectivity index (χ4n) is 3.22. The Bertz CT molecular complexity index is 832. The van der Waals surface area contributed by atoms with Gasteiger partial charge in [-0.1, -0.05) is 74.9 Å². The van der Waals surface area contributed by atoms with E-state index in [9.17, 15) is 9.59 Å². The van der Waals surface area contributed by atoms with Crippen molar-refractivity contribution in [2.75, 3.05) is 0 Å². The van der Waals surface area contributed by atoms with Gasteiger partial charge in [-0.25, -0.2) is 4.79 Å². The predicted octanol–water partition coefficient (Wildman–Crippen LogP) is 4.26. The van der Waals surface area contributed by atoms with Crippen molar-refractivity contribution < 1.29 is 9.59 Å². The summed E-state index contributed by atoms with van der Waals surface area (Å²) >= 11 is 0. The van der Waals surface area contributed by atoms with Gasteiger partial charge < -0.3 is 5.32 Å². The average Bonchev–Trinajstić information content (AvgIpc) is 2.79. The number of imide groups is 1. The fraction of sp³-hybridized carbons (Fsp3) is 0.364. The van der Waals surface area contributed by atoms with Crippen LogP contribution in [0.15, 0.2) is 48.5 Å². The molecule has 0 spiro atoms. The van der Waals surface area contributed by atoms with Crippen molar-refractivity contribution in [3.63, 3.8) is 0 Å². The molecule has 136 valence electrons. The molecule has 1 atom stereocenters. The molecule has 1 fully saturated rings. The zero-order chi connectivity index (χ0) is 19.1. The third-order valence-electron chi connectivity index (χ3n) is 5.06. The van der Waals surface area contributed by atoms with Gasteiger partial charge in [0, 0.05) is 0 Å². The van der Waals surface area contributed by atoms with Crippen molar-refractivity contribution in [2.24, 2.45) is 0 Å². The van der Waals surface area contributed by atoms with E-state index in [1.54, 1.807) is 6.92 Å². The lowest BCUT2D eigenvalue weighted by molar-refractivity contribution is -0.131. The van der Waals surface area contributed by atoms with Crippen LogP contribution in [0.2, 0.25) is 0 Å². The van der Waals surface area contributed by atoms with Crippen molar-refractivity contribution >= 4 is 11.9 Å². The largest absolute Gasteiger partial charge is 0.325 e. The summed E-state index contributed by atoms with van der Waals surface area (Å²) in [7, 11) is 0. The van der Waals surface area contributed by atoms with Crippen LogP contribution >= 0.6 is 0 Å². The Kier molecular flexibility index (Phi) is 4.39. The van der Waals surface area contributed by atoms with E-state index in [2.05, 4.69) is 38.2 Å². The molecule has 0 aliphatic carbocycles. The van der Waals surface area contributed by atoms with E-state index in [4.69, 9.17) is 0 Å². The number of hydrogen-bond donors (Lipinski definition) is 1. The Hall–Kier alpha value is -2.62. The van der Waals surface area contributed by atoms with Crippen LogP contribution in [0.25, 0.3) is 0 Å². The summed E-state index contributed by atoms with van der Waals surface area (Å²) < 4.78 is 0. The van der Waals surface area contributed by atoms with Crippen LogP contribution in [-0.2, 0) is 22.3 Å². The van der Waals surface area contributed by atoms with Gasteiger partial charge in [0.05, 0.1) is 6.54 Å². The normalized spacial score (nSPS) is 20.4. The van der Waals surface area contributed by atoms with E-state index < -0.39 is 5.54 Å². The average molecular weight is 350 g/mol. The summed E-state index contributed by atoms with van der Waals surface area (Å²) in [5.74, 6) is -0.216. The number of aryl methyl sites for hydroxylation is 1. The lowest BCUT2D eigenvalue weighted by Gasteiger charge is -2.23. The quantitative estimate of drug-likeness (QED) is 0.841. The summed E-state index contributed by atoms with van der Waals surface area (Å²) in [6, 6.07) is 15.5. The second-order valence-electron chi connectivity index (χ2n) is 8.26. The van der Waals surface area contributed by atoms with E-state index >= 15 is 0 Å². The summed E-state index contributed by atoms with van der Waals surface area (Å²) in [6.07, 6.45) is 0. The van der Waals surface area contributed by atoms with E-state index in [0.29, 0.717) is 0 Å². The second kappa shape index (κ2) is 6.27. The number of nitrogens with one attached hydrogen (secondary N) is 1. The Morgan fingerprint density at radius 1 is 0.962 bits per heavy atom. The first-order valence-electron chi connectivity index (χ1n) is 8.92. The highest BCUT2D eigenvalue weighted by Crippen LogP contribution is 2.30. The minimum absolute atomic E-state index is 0.0728. The third kappa shape index (κ3) is 3.24. The third-order valence-corrected chi connectivity index (χ3v) is 5.06. The first kappa shape index (κ1) is 18.2. The highest BCUT2D eigenvalue weighted by Gasteiger charge is 2.48. The topological polar surface area (TPSA) is 49.4 Å². The number of benzene rings is 2. The van der Waals surface area contributed by atoms with Crippen LogP contribution < -0.4 is 5.32 Å². The van der Waals surface area contributed by atoms with E-state index in [1.165, 1.54) is 10.5 Å². The van der Waals surface area contributed by atoms with Crippen LogP contribution in [0.4, 0.5) is 4.79 Å². The Labute approximate surface area is 155 Å². The van der Waals surface area contributed by atoms with Crippen molar-refractivity contribution in [1.82, 2.24) is 10.2 Å². The van der Waals surface area contributed by atoms with Crippen LogP contribution in [0, 0.1) is 6.92 Å². The van der Waals surface area contributed by atoms with E-state index in [0.717, 1.165) is 16.7 Å². The zero-order valence-corrected chi connectivity index (χ0v) is 16.1. The highest BCUT2D eigenvalue weighted by molar-refractivity contribution is 6.07. The molecule has 1 saturated heterocycles. The molecule has 26 heavy (non-hydrogen) atoms.